The van der Waals surface area contributed by atoms with Crippen molar-refractivity contribution < 1.29 is 51.5 Å². The topological polar surface area (TPSA) is 136 Å². The number of aliphatic hydroxyl groups excluding tert-OH is 1. The number of esters is 1. The fraction of sp³-hybridized carbons (Fsp3) is 0.442. The average molecular weight is 897 g/mol. The Morgan fingerprint density at radius 2 is 1.45 bits per heavy atom. The lowest BCUT2D eigenvalue weighted by Crippen LogP contribution is -2.51. The van der Waals surface area contributed by atoms with Gasteiger partial charge in [-0.25, -0.2) is 8.42 Å². The van der Waals surface area contributed by atoms with Crippen molar-refractivity contribution in [3.63, 3.8) is 0 Å². The van der Waals surface area contributed by atoms with Crippen molar-refractivity contribution in [3.8, 4) is 17.6 Å². The zero-order valence-electron chi connectivity index (χ0n) is 37.6. The van der Waals surface area contributed by atoms with Gasteiger partial charge >= 0.3 is 5.97 Å². The van der Waals surface area contributed by atoms with Crippen LogP contribution in [0.15, 0.2) is 133 Å². The summed E-state index contributed by atoms with van der Waals surface area (Å²) in [5, 5.41) is 11.7. The SMILES string of the molecule is C=CC[C@@H]1O[C@H](C(C#CC(OC)[C@@H](C)[C@H](C)C(C[C@@H](COCc2ccc(OC)cc2)OCc2ccccc2)OC(C)=O)CS(=O)(=O)c2ccccc2)[C@@H](O)C[C@H]1OCc1ccccc1. The number of rotatable bonds is 24. The summed E-state index contributed by atoms with van der Waals surface area (Å²) in [4.78, 5) is 12.8. The molecule has 4 aromatic carbocycles. The van der Waals surface area contributed by atoms with Crippen LogP contribution in [0.2, 0.25) is 0 Å². The van der Waals surface area contributed by atoms with E-state index in [9.17, 15) is 18.3 Å². The molecule has 0 amide bonds. The van der Waals surface area contributed by atoms with Gasteiger partial charge in [-0.15, -0.1) is 6.58 Å². The Morgan fingerprint density at radius 3 is 2.05 bits per heavy atom. The summed E-state index contributed by atoms with van der Waals surface area (Å²) in [5.74, 6) is 4.75. The van der Waals surface area contributed by atoms with E-state index < -0.39 is 70.2 Å². The molecule has 64 heavy (non-hydrogen) atoms. The monoisotopic (exact) mass is 896 g/mol. The molecular formula is C52H64O11S. The molecule has 1 aliphatic rings. The minimum Gasteiger partial charge on any atom is -0.497 e. The van der Waals surface area contributed by atoms with E-state index in [1.807, 2.05) is 98.8 Å². The summed E-state index contributed by atoms with van der Waals surface area (Å²) in [6.07, 6.45) is -2.14. The van der Waals surface area contributed by atoms with Crippen LogP contribution in [-0.4, -0.2) is 88.8 Å². The first-order chi connectivity index (χ1) is 30.9. The van der Waals surface area contributed by atoms with Crippen molar-refractivity contribution in [3.05, 3.63) is 145 Å². The first-order valence-electron chi connectivity index (χ1n) is 21.9. The molecule has 0 aromatic heterocycles. The molecule has 5 rings (SSSR count). The quantitative estimate of drug-likeness (QED) is 0.0415. The molecule has 1 saturated heterocycles. The van der Waals surface area contributed by atoms with Gasteiger partial charge in [-0.1, -0.05) is 123 Å². The molecule has 4 aromatic rings. The fourth-order valence-corrected chi connectivity index (χ4v) is 9.33. The van der Waals surface area contributed by atoms with Crippen molar-refractivity contribution in [2.45, 2.75) is 107 Å². The van der Waals surface area contributed by atoms with Crippen molar-refractivity contribution in [2.75, 3.05) is 26.6 Å². The van der Waals surface area contributed by atoms with Crippen LogP contribution < -0.4 is 4.74 Å². The Kier molecular flexibility index (Phi) is 20.1. The Morgan fingerprint density at radius 1 is 0.844 bits per heavy atom. The Bertz CT molecular complexity index is 2160. The lowest BCUT2D eigenvalue weighted by molar-refractivity contribution is -0.192. The van der Waals surface area contributed by atoms with Crippen LogP contribution in [0.1, 0.15) is 56.7 Å². The molecule has 3 unspecified atom stereocenters. The molecule has 1 fully saturated rings. The number of sulfone groups is 1. The number of hydrogen-bond donors (Lipinski definition) is 1. The second-order valence-corrected chi connectivity index (χ2v) is 18.4. The number of hydrogen-bond acceptors (Lipinski definition) is 11. The summed E-state index contributed by atoms with van der Waals surface area (Å²) < 4.78 is 70.6. The molecule has 0 radical (unpaired) electrons. The van der Waals surface area contributed by atoms with E-state index in [4.69, 9.17) is 33.2 Å². The zero-order chi connectivity index (χ0) is 45.9. The molecule has 0 spiro atoms. The van der Waals surface area contributed by atoms with Gasteiger partial charge in [0.2, 0.25) is 0 Å². The summed E-state index contributed by atoms with van der Waals surface area (Å²) in [6, 6.07) is 35.4. The maximum absolute atomic E-state index is 13.9. The highest BCUT2D eigenvalue weighted by atomic mass is 32.2. The summed E-state index contributed by atoms with van der Waals surface area (Å²) in [6.45, 7) is 10.5. The highest BCUT2D eigenvalue weighted by Gasteiger charge is 2.42. The third-order valence-corrected chi connectivity index (χ3v) is 13.4. The minimum absolute atomic E-state index is 0.144. The summed E-state index contributed by atoms with van der Waals surface area (Å²) in [5.41, 5.74) is 2.94. The van der Waals surface area contributed by atoms with Gasteiger partial charge in [-0.2, -0.15) is 0 Å². The predicted molar refractivity (Wildman–Crippen MR) is 246 cm³/mol. The van der Waals surface area contributed by atoms with Gasteiger partial charge < -0.3 is 38.3 Å². The molecule has 10 atom stereocenters. The van der Waals surface area contributed by atoms with Crippen molar-refractivity contribution in [1.82, 2.24) is 0 Å². The van der Waals surface area contributed by atoms with E-state index in [1.165, 1.54) is 6.92 Å². The second-order valence-electron chi connectivity index (χ2n) is 16.3. The number of methoxy groups -OCH3 is 2. The van der Waals surface area contributed by atoms with E-state index in [0.717, 1.165) is 22.4 Å². The molecule has 0 saturated carbocycles. The number of benzene rings is 4. The zero-order valence-corrected chi connectivity index (χ0v) is 38.4. The minimum atomic E-state index is -3.88. The van der Waals surface area contributed by atoms with Gasteiger partial charge in [-0.3, -0.25) is 4.79 Å². The third-order valence-electron chi connectivity index (χ3n) is 11.6. The standard InChI is InChI=1S/C52H64O11S/c1-7-17-49-51(61-34-41-20-13-9-14-21-41)31-47(54)52(63-49)43(36-64(55,56)46-22-15-10-16-23-46)26-29-48(58-6)37(2)38(3)50(62-39(4)53)30-45(60-33-40-18-11-8-12-19-40)35-59-32-42-24-27-44(57-5)28-25-42/h7-16,18-25,27-28,37-38,43,45,47-52,54H,1,17,30-36H2,2-6H3/t37-,38-,43?,45-,47-,48?,49-,50?,51+,52+/m0/s1. The molecule has 1 N–H and O–H groups in total. The number of ether oxygens (including phenoxy) is 7. The van der Waals surface area contributed by atoms with E-state index in [-0.39, 0.29) is 29.8 Å². The number of carbonyl (C=O) groups excluding carboxylic acids is 1. The van der Waals surface area contributed by atoms with Gasteiger partial charge in [-0.05, 0) is 59.2 Å². The molecule has 0 aliphatic carbocycles. The lowest BCUT2D eigenvalue weighted by atomic mass is 9.83. The van der Waals surface area contributed by atoms with Crippen LogP contribution in [-0.2, 0) is 62.9 Å². The van der Waals surface area contributed by atoms with E-state index in [2.05, 4.69) is 18.4 Å². The van der Waals surface area contributed by atoms with Crippen LogP contribution in [0.25, 0.3) is 0 Å². The van der Waals surface area contributed by atoms with Crippen LogP contribution in [0.5, 0.6) is 5.75 Å². The first kappa shape index (κ1) is 50.2. The third kappa shape index (κ3) is 15.4. The molecule has 12 heteroatoms. The first-order valence-corrected chi connectivity index (χ1v) is 23.5. The van der Waals surface area contributed by atoms with Crippen LogP contribution >= 0.6 is 0 Å². The second kappa shape index (κ2) is 25.6. The van der Waals surface area contributed by atoms with Crippen molar-refractivity contribution in [1.29, 1.82) is 0 Å². The molecule has 0 bridgehead atoms. The highest BCUT2D eigenvalue weighted by molar-refractivity contribution is 7.91. The van der Waals surface area contributed by atoms with Crippen molar-refractivity contribution in [2.24, 2.45) is 17.8 Å². The van der Waals surface area contributed by atoms with E-state index in [1.54, 1.807) is 50.6 Å². The summed E-state index contributed by atoms with van der Waals surface area (Å²) in [7, 11) is -0.721. The van der Waals surface area contributed by atoms with Gasteiger partial charge in [0, 0.05) is 26.9 Å². The normalized spacial score (nSPS) is 20.3. The van der Waals surface area contributed by atoms with E-state index in [0.29, 0.717) is 32.7 Å². The molecule has 1 aliphatic heterocycles. The van der Waals surface area contributed by atoms with Crippen LogP contribution in [0.4, 0.5) is 0 Å². The predicted octanol–water partition coefficient (Wildman–Crippen LogP) is 8.18. The average Bonchev–Trinajstić information content (AvgIpc) is 3.31. The largest absolute Gasteiger partial charge is 0.497 e. The Balaban J connectivity index is 1.37. The Labute approximate surface area is 380 Å². The molecule has 1 heterocycles. The highest BCUT2D eigenvalue weighted by Crippen LogP contribution is 2.32. The Hall–Kier alpha value is -4.84. The molecule has 11 nitrogen and oxygen atoms in total. The maximum Gasteiger partial charge on any atom is 0.302 e. The van der Waals surface area contributed by atoms with Crippen LogP contribution in [0, 0.1) is 29.6 Å². The fourth-order valence-electron chi connectivity index (χ4n) is 7.82. The molecular weight excluding hydrogens is 833 g/mol. The van der Waals surface area contributed by atoms with Gasteiger partial charge in [0.25, 0.3) is 0 Å². The number of carbonyl (C=O) groups is 1. The van der Waals surface area contributed by atoms with Crippen LogP contribution in [0.3, 0.4) is 0 Å². The number of aliphatic hydroxyl groups is 1. The van der Waals surface area contributed by atoms with Gasteiger partial charge in [0.1, 0.15) is 18.0 Å². The van der Waals surface area contributed by atoms with E-state index >= 15 is 0 Å². The lowest BCUT2D eigenvalue weighted by Gasteiger charge is -2.41. The maximum atomic E-state index is 13.9. The smallest absolute Gasteiger partial charge is 0.302 e. The van der Waals surface area contributed by atoms with Crippen molar-refractivity contribution >= 4 is 15.8 Å². The van der Waals surface area contributed by atoms with Gasteiger partial charge in [0.05, 0.1) is 80.6 Å². The molecule has 344 valence electrons. The van der Waals surface area contributed by atoms with Gasteiger partial charge in [0.15, 0.2) is 9.84 Å². The summed E-state index contributed by atoms with van der Waals surface area (Å²) >= 11 is 0.